The molecular formula is C26H20ClFN4O2. The van der Waals surface area contributed by atoms with Crippen LogP contribution in [-0.4, -0.2) is 16.2 Å². The third-order valence-electron chi connectivity index (χ3n) is 5.69. The van der Waals surface area contributed by atoms with Gasteiger partial charge in [0.1, 0.15) is 5.82 Å². The van der Waals surface area contributed by atoms with E-state index in [4.69, 9.17) is 16.1 Å². The minimum absolute atomic E-state index is 0.249. The zero-order valence-electron chi connectivity index (χ0n) is 18.4. The number of hydrogen-bond donors (Lipinski definition) is 1. The summed E-state index contributed by atoms with van der Waals surface area (Å²) in [5.74, 6) is 0.217. The van der Waals surface area contributed by atoms with E-state index in [0.717, 1.165) is 16.8 Å². The fraction of sp³-hybridized carbons (Fsp3) is 0.115. The van der Waals surface area contributed by atoms with Gasteiger partial charge < -0.3 is 9.84 Å². The molecule has 5 rings (SSSR count). The van der Waals surface area contributed by atoms with E-state index in [1.54, 1.807) is 29.2 Å². The molecule has 1 aliphatic heterocycles. The average Bonchev–Trinajstić information content (AvgIpc) is 3.29. The highest BCUT2D eigenvalue weighted by Gasteiger charge is 2.36. The fourth-order valence-corrected chi connectivity index (χ4v) is 4.28. The molecule has 0 spiro atoms. The van der Waals surface area contributed by atoms with Crippen molar-refractivity contribution >= 4 is 28.9 Å². The lowest BCUT2D eigenvalue weighted by Gasteiger charge is -2.35. The van der Waals surface area contributed by atoms with Gasteiger partial charge in [0.05, 0.1) is 17.3 Å². The van der Waals surface area contributed by atoms with E-state index < -0.39 is 6.04 Å². The summed E-state index contributed by atoms with van der Waals surface area (Å²) >= 11 is 6.25. The van der Waals surface area contributed by atoms with Crippen molar-refractivity contribution in [2.45, 2.75) is 19.9 Å². The van der Waals surface area contributed by atoms with Crippen LogP contribution in [-0.2, 0) is 0 Å². The number of rotatable bonds is 4. The van der Waals surface area contributed by atoms with Crippen LogP contribution in [0.25, 0.3) is 17.0 Å². The molecule has 4 aromatic rings. The first kappa shape index (κ1) is 21.9. The molecule has 0 saturated carbocycles. The summed E-state index contributed by atoms with van der Waals surface area (Å²) in [4.78, 5) is 19.4. The zero-order chi connectivity index (χ0) is 23.8. The summed E-state index contributed by atoms with van der Waals surface area (Å²) in [5.41, 5.74) is 4.42. The van der Waals surface area contributed by atoms with E-state index in [1.165, 1.54) is 12.1 Å². The molecule has 34 heavy (non-hydrogen) atoms. The maximum atomic E-state index is 13.4. The van der Waals surface area contributed by atoms with E-state index in [2.05, 4.69) is 15.5 Å². The van der Waals surface area contributed by atoms with Crippen molar-refractivity contribution in [3.63, 3.8) is 0 Å². The number of nitrogens with one attached hydrogen (secondary N) is 1. The number of aromatic nitrogens is 2. The SMILES string of the molecule is CC1=C(c2nc(-c3ccc(F)cc3)no2)C(c2cccc(Cl)c2)NC(=O)N1c1cccc(C)c1. The second-order valence-electron chi connectivity index (χ2n) is 8.04. The monoisotopic (exact) mass is 474 g/mol. The van der Waals surface area contributed by atoms with Crippen LogP contribution in [0.2, 0.25) is 5.02 Å². The number of allylic oxidation sites excluding steroid dienone is 1. The third-order valence-corrected chi connectivity index (χ3v) is 5.92. The lowest BCUT2D eigenvalue weighted by molar-refractivity contribution is 0.244. The van der Waals surface area contributed by atoms with Crippen LogP contribution in [0, 0.1) is 12.7 Å². The number of benzene rings is 3. The Morgan fingerprint density at radius 1 is 1.03 bits per heavy atom. The van der Waals surface area contributed by atoms with Gasteiger partial charge in [-0.05, 0) is 73.5 Å². The molecule has 0 radical (unpaired) electrons. The Hall–Kier alpha value is -3.97. The second kappa shape index (κ2) is 8.76. The second-order valence-corrected chi connectivity index (χ2v) is 8.48. The fourth-order valence-electron chi connectivity index (χ4n) is 4.08. The predicted octanol–water partition coefficient (Wildman–Crippen LogP) is 6.54. The minimum Gasteiger partial charge on any atom is -0.334 e. The van der Waals surface area contributed by atoms with Gasteiger partial charge in [-0.1, -0.05) is 41.0 Å². The Bertz CT molecular complexity index is 1410. The highest BCUT2D eigenvalue weighted by molar-refractivity contribution is 6.30. The molecule has 1 aromatic heterocycles. The largest absolute Gasteiger partial charge is 0.334 e. The summed E-state index contributed by atoms with van der Waals surface area (Å²) in [7, 11) is 0. The van der Waals surface area contributed by atoms with Gasteiger partial charge in [0.25, 0.3) is 5.89 Å². The lowest BCUT2D eigenvalue weighted by atomic mass is 9.94. The van der Waals surface area contributed by atoms with Crippen LogP contribution in [0.3, 0.4) is 0 Å². The first-order chi connectivity index (χ1) is 16.4. The summed E-state index contributed by atoms with van der Waals surface area (Å²) < 4.78 is 19.0. The van der Waals surface area contributed by atoms with Crippen molar-refractivity contribution in [1.29, 1.82) is 0 Å². The molecule has 1 N–H and O–H groups in total. The Labute approximate surface area is 200 Å². The van der Waals surface area contributed by atoms with Crippen molar-refractivity contribution in [3.8, 4) is 11.4 Å². The number of carbonyl (C=O) groups excluding carboxylic acids is 1. The predicted molar refractivity (Wildman–Crippen MR) is 129 cm³/mol. The maximum absolute atomic E-state index is 13.4. The maximum Gasteiger partial charge on any atom is 0.326 e. The third kappa shape index (κ3) is 4.06. The quantitative estimate of drug-likeness (QED) is 0.364. The van der Waals surface area contributed by atoms with Crippen LogP contribution >= 0.6 is 11.6 Å². The number of amides is 2. The van der Waals surface area contributed by atoms with Gasteiger partial charge >= 0.3 is 6.03 Å². The van der Waals surface area contributed by atoms with Crippen molar-refractivity contribution in [1.82, 2.24) is 15.5 Å². The number of aryl methyl sites for hydroxylation is 1. The molecule has 2 heterocycles. The highest BCUT2D eigenvalue weighted by Crippen LogP contribution is 2.39. The smallest absolute Gasteiger partial charge is 0.326 e. The number of carbonyl (C=O) groups is 1. The van der Waals surface area contributed by atoms with Crippen LogP contribution in [0.5, 0.6) is 0 Å². The molecule has 0 aliphatic carbocycles. The number of hydrogen-bond acceptors (Lipinski definition) is 4. The lowest BCUT2D eigenvalue weighted by Crippen LogP contribution is -2.46. The standard InChI is InChI=1S/C26H20ClFN4O2/c1-15-5-3-8-21(13-15)32-16(2)22(23(29-26(32)33)18-6-4-7-19(27)14-18)25-30-24(31-34-25)17-9-11-20(28)12-10-17/h3-14,23H,1-2H3,(H,29,33). The van der Waals surface area contributed by atoms with Crippen molar-refractivity contribution in [2.75, 3.05) is 4.90 Å². The van der Waals surface area contributed by atoms with E-state index in [1.807, 2.05) is 50.2 Å². The van der Waals surface area contributed by atoms with E-state index in [-0.39, 0.29) is 17.7 Å². The van der Waals surface area contributed by atoms with Gasteiger partial charge in [0, 0.05) is 16.3 Å². The normalized spacial score (nSPS) is 16.1. The van der Waals surface area contributed by atoms with Crippen LogP contribution in [0.1, 0.15) is 30.0 Å². The van der Waals surface area contributed by atoms with E-state index in [0.29, 0.717) is 27.7 Å². The van der Waals surface area contributed by atoms with Gasteiger partial charge in [0.2, 0.25) is 5.82 Å². The van der Waals surface area contributed by atoms with Gasteiger partial charge in [-0.25, -0.2) is 9.18 Å². The molecule has 170 valence electrons. The van der Waals surface area contributed by atoms with E-state index in [9.17, 15) is 9.18 Å². The minimum atomic E-state index is -0.561. The molecule has 6 nitrogen and oxygen atoms in total. The molecule has 0 fully saturated rings. The van der Waals surface area contributed by atoms with Crippen LogP contribution in [0.4, 0.5) is 14.9 Å². The molecular weight excluding hydrogens is 455 g/mol. The van der Waals surface area contributed by atoms with Gasteiger partial charge in [-0.15, -0.1) is 0 Å². The van der Waals surface area contributed by atoms with Gasteiger partial charge in [-0.3, -0.25) is 4.90 Å². The van der Waals surface area contributed by atoms with Crippen molar-refractivity contribution in [2.24, 2.45) is 0 Å². The summed E-state index contributed by atoms with van der Waals surface area (Å²) in [6.07, 6.45) is 0. The molecule has 0 bridgehead atoms. The number of urea groups is 1. The molecule has 3 aromatic carbocycles. The molecule has 8 heteroatoms. The first-order valence-electron chi connectivity index (χ1n) is 10.6. The Morgan fingerprint density at radius 2 is 1.79 bits per heavy atom. The highest BCUT2D eigenvalue weighted by atomic mass is 35.5. The molecule has 1 atom stereocenters. The van der Waals surface area contributed by atoms with Crippen LogP contribution < -0.4 is 10.2 Å². The summed E-state index contributed by atoms with van der Waals surface area (Å²) in [6.45, 7) is 3.81. The molecule has 1 unspecified atom stereocenters. The van der Waals surface area contributed by atoms with Gasteiger partial charge in [0.15, 0.2) is 0 Å². The Morgan fingerprint density at radius 3 is 2.53 bits per heavy atom. The van der Waals surface area contributed by atoms with Crippen molar-refractivity contribution in [3.05, 3.63) is 106 Å². The van der Waals surface area contributed by atoms with E-state index >= 15 is 0 Å². The van der Waals surface area contributed by atoms with Crippen LogP contribution in [0.15, 0.2) is 83.0 Å². The summed E-state index contributed by atoms with van der Waals surface area (Å²) in [6, 6.07) is 19.9. The number of nitrogens with zero attached hydrogens (tertiary/aromatic N) is 3. The average molecular weight is 475 g/mol. The summed E-state index contributed by atoms with van der Waals surface area (Å²) in [5, 5.41) is 7.70. The Kier molecular flexibility index (Phi) is 5.63. The number of anilines is 1. The van der Waals surface area contributed by atoms with Crippen molar-refractivity contribution < 1.29 is 13.7 Å². The molecule has 1 aliphatic rings. The topological polar surface area (TPSA) is 71.3 Å². The number of halogens is 2. The zero-order valence-corrected chi connectivity index (χ0v) is 19.2. The first-order valence-corrected chi connectivity index (χ1v) is 11.0. The molecule has 2 amide bonds. The van der Waals surface area contributed by atoms with Gasteiger partial charge in [-0.2, -0.15) is 4.98 Å². The Balaban J connectivity index is 1.66. The molecule has 0 saturated heterocycles.